The Morgan fingerprint density at radius 1 is 0.976 bits per heavy atom. The van der Waals surface area contributed by atoms with Crippen LogP contribution in [0.3, 0.4) is 0 Å². The van der Waals surface area contributed by atoms with Crippen LogP contribution in [0.2, 0.25) is 0 Å². The molecule has 1 spiro atoms. The number of carbonyl (C=O) groups excluding carboxylic acids is 2. The van der Waals surface area contributed by atoms with Gasteiger partial charge in [0.25, 0.3) is 5.91 Å². The predicted molar refractivity (Wildman–Crippen MR) is 136 cm³/mol. The van der Waals surface area contributed by atoms with Gasteiger partial charge >= 0.3 is 24.3 Å². The van der Waals surface area contributed by atoms with Crippen LogP contribution in [-0.2, 0) is 14.4 Å². The van der Waals surface area contributed by atoms with Gasteiger partial charge in [-0.3, -0.25) is 14.6 Å². The molecule has 2 saturated heterocycles. The van der Waals surface area contributed by atoms with Gasteiger partial charge in [0, 0.05) is 37.8 Å². The predicted octanol–water partition coefficient (Wildman–Crippen LogP) is 3.56. The van der Waals surface area contributed by atoms with Crippen LogP contribution in [-0.4, -0.2) is 100 Å². The summed E-state index contributed by atoms with van der Waals surface area (Å²) in [4.78, 5) is 51.5. The van der Waals surface area contributed by atoms with E-state index in [4.69, 9.17) is 19.8 Å². The van der Waals surface area contributed by atoms with Crippen LogP contribution in [0.4, 0.5) is 26.3 Å². The number of aromatic nitrogens is 1. The molecule has 2 amide bonds. The van der Waals surface area contributed by atoms with Crippen molar-refractivity contribution in [1.82, 2.24) is 20.1 Å². The third kappa shape index (κ3) is 9.56. The van der Waals surface area contributed by atoms with Gasteiger partial charge in [0.2, 0.25) is 5.91 Å². The van der Waals surface area contributed by atoms with Crippen molar-refractivity contribution in [3.8, 4) is 0 Å². The molecule has 2 aliphatic rings. The number of rotatable bonds is 4. The summed E-state index contributed by atoms with van der Waals surface area (Å²) in [5.41, 5.74) is 1.35. The topological polar surface area (TPSA) is 140 Å². The van der Waals surface area contributed by atoms with Crippen molar-refractivity contribution in [3.63, 3.8) is 0 Å². The molecule has 3 N–H and O–H groups in total. The Hall–Kier alpha value is -3.95. The van der Waals surface area contributed by atoms with Gasteiger partial charge in [0.15, 0.2) is 0 Å². The lowest BCUT2D eigenvalue weighted by molar-refractivity contribution is -0.193. The Labute approximate surface area is 236 Å². The Morgan fingerprint density at radius 2 is 1.48 bits per heavy atom. The average Bonchev–Trinajstić information content (AvgIpc) is 3.17. The van der Waals surface area contributed by atoms with Gasteiger partial charge in [-0.05, 0) is 51.4 Å². The number of benzene rings is 1. The minimum Gasteiger partial charge on any atom is -0.475 e. The first kappa shape index (κ1) is 34.3. The number of halogens is 6. The van der Waals surface area contributed by atoms with Gasteiger partial charge < -0.3 is 25.3 Å². The van der Waals surface area contributed by atoms with Crippen molar-refractivity contribution >= 4 is 34.7 Å². The van der Waals surface area contributed by atoms with Crippen molar-refractivity contribution in [3.05, 3.63) is 42.1 Å². The van der Waals surface area contributed by atoms with E-state index in [1.807, 2.05) is 49.2 Å². The number of carboxylic acid groups (broad SMARTS) is 2. The van der Waals surface area contributed by atoms with Crippen molar-refractivity contribution < 1.29 is 55.7 Å². The Balaban J connectivity index is 0.000000367. The third-order valence-electron chi connectivity index (χ3n) is 6.79. The minimum absolute atomic E-state index is 0.0370. The highest BCUT2D eigenvalue weighted by Gasteiger charge is 2.46. The number of alkyl halides is 6. The van der Waals surface area contributed by atoms with E-state index < -0.39 is 24.3 Å². The molecular formula is C26H30F6N4O6. The maximum absolute atomic E-state index is 12.6. The molecular weight excluding hydrogens is 578 g/mol. The van der Waals surface area contributed by atoms with Crippen molar-refractivity contribution in [2.45, 2.75) is 44.6 Å². The summed E-state index contributed by atoms with van der Waals surface area (Å²) < 4.78 is 63.5. The number of hydrogen-bond acceptors (Lipinski definition) is 6. The van der Waals surface area contributed by atoms with E-state index in [0.29, 0.717) is 11.5 Å². The van der Waals surface area contributed by atoms with Gasteiger partial charge in [-0.25, -0.2) is 9.59 Å². The third-order valence-corrected chi connectivity index (χ3v) is 6.79. The quantitative estimate of drug-likeness (QED) is 0.448. The summed E-state index contributed by atoms with van der Waals surface area (Å²) in [5, 5.41) is 18.3. The molecule has 0 saturated carbocycles. The van der Waals surface area contributed by atoms with E-state index in [2.05, 4.69) is 15.2 Å². The number of nitrogens with one attached hydrogen (secondary N) is 1. The number of amides is 2. The number of fused-ring (bicyclic) bond motifs is 1. The van der Waals surface area contributed by atoms with E-state index in [1.54, 1.807) is 6.20 Å². The number of pyridine rings is 1. The lowest BCUT2D eigenvalue weighted by atomic mass is 9.77. The standard InChI is InChI=1S/C22H28N4O2.2C2HF3O2/c1-16(15-26-11-8-22(9-12-26)7-10-25(2)21(22)28)24-20(27)18-13-17-5-3-4-6-19(17)23-14-18;2*3-2(4,5)1(6)7/h3-6,13-14,16H,7-12,15H2,1-2H3,(H,24,27);2*(H,6,7)/t16-;;/m0../s1. The summed E-state index contributed by atoms with van der Waals surface area (Å²) in [5.74, 6) is -5.29. The summed E-state index contributed by atoms with van der Waals surface area (Å²) in [6, 6.07) is 9.72. The monoisotopic (exact) mass is 608 g/mol. The summed E-state index contributed by atoms with van der Waals surface area (Å²) in [6.07, 6.45) is -5.70. The van der Waals surface area contributed by atoms with E-state index in [1.165, 1.54) is 0 Å². The summed E-state index contributed by atoms with van der Waals surface area (Å²) >= 11 is 0. The first-order valence-electron chi connectivity index (χ1n) is 12.6. The molecule has 4 rings (SSSR count). The van der Waals surface area contributed by atoms with Gasteiger partial charge in [-0.1, -0.05) is 18.2 Å². The Bertz CT molecular complexity index is 1250. The fraction of sp³-hybridized carbons (Fsp3) is 0.500. The van der Waals surface area contributed by atoms with Crippen LogP contribution < -0.4 is 5.32 Å². The molecule has 0 radical (unpaired) electrons. The van der Waals surface area contributed by atoms with E-state index in [-0.39, 0.29) is 17.4 Å². The number of para-hydroxylation sites is 1. The minimum atomic E-state index is -5.08. The molecule has 232 valence electrons. The van der Waals surface area contributed by atoms with Gasteiger partial charge in [0.1, 0.15) is 0 Å². The number of aliphatic carboxylic acids is 2. The van der Waals surface area contributed by atoms with Crippen LogP contribution in [0, 0.1) is 5.41 Å². The molecule has 2 aromatic rings. The van der Waals surface area contributed by atoms with Gasteiger partial charge in [0.05, 0.1) is 16.5 Å². The molecule has 1 aromatic carbocycles. The van der Waals surface area contributed by atoms with Gasteiger partial charge in [-0.2, -0.15) is 26.3 Å². The number of hydrogen-bond donors (Lipinski definition) is 3. The second-order valence-corrected chi connectivity index (χ2v) is 9.95. The molecule has 1 atom stereocenters. The zero-order valence-corrected chi connectivity index (χ0v) is 22.6. The van der Waals surface area contributed by atoms with Crippen LogP contribution in [0.1, 0.15) is 36.5 Å². The van der Waals surface area contributed by atoms with E-state index in [9.17, 15) is 35.9 Å². The smallest absolute Gasteiger partial charge is 0.475 e. The zero-order valence-electron chi connectivity index (χ0n) is 22.6. The Morgan fingerprint density at radius 3 is 1.95 bits per heavy atom. The van der Waals surface area contributed by atoms with Crippen molar-refractivity contribution in [1.29, 1.82) is 0 Å². The van der Waals surface area contributed by atoms with Crippen molar-refractivity contribution in [2.75, 3.05) is 33.2 Å². The maximum Gasteiger partial charge on any atom is 0.490 e. The Kier molecular flexibility index (Phi) is 11.3. The molecule has 0 bridgehead atoms. The van der Waals surface area contributed by atoms with Crippen LogP contribution in [0.25, 0.3) is 10.9 Å². The second-order valence-electron chi connectivity index (χ2n) is 9.95. The molecule has 42 heavy (non-hydrogen) atoms. The maximum atomic E-state index is 12.6. The number of carbonyl (C=O) groups is 4. The number of nitrogens with zero attached hydrogens (tertiary/aromatic N) is 3. The number of carboxylic acids is 2. The largest absolute Gasteiger partial charge is 0.490 e. The van der Waals surface area contributed by atoms with Crippen LogP contribution in [0.15, 0.2) is 36.5 Å². The highest BCUT2D eigenvalue weighted by atomic mass is 19.4. The first-order chi connectivity index (χ1) is 19.4. The lowest BCUT2D eigenvalue weighted by Crippen LogP contribution is -2.48. The molecule has 1 aromatic heterocycles. The molecule has 10 nitrogen and oxygen atoms in total. The highest BCUT2D eigenvalue weighted by Crippen LogP contribution is 2.40. The normalized spacial score (nSPS) is 17.5. The number of piperidine rings is 1. The highest BCUT2D eigenvalue weighted by molar-refractivity contribution is 5.97. The lowest BCUT2D eigenvalue weighted by Gasteiger charge is -2.38. The number of likely N-dealkylation sites (tertiary alicyclic amines) is 2. The fourth-order valence-electron chi connectivity index (χ4n) is 4.56. The summed E-state index contributed by atoms with van der Waals surface area (Å²) in [6.45, 7) is 5.54. The van der Waals surface area contributed by atoms with Crippen LogP contribution in [0.5, 0.6) is 0 Å². The van der Waals surface area contributed by atoms with Gasteiger partial charge in [-0.15, -0.1) is 0 Å². The molecule has 3 heterocycles. The molecule has 2 fully saturated rings. The SMILES string of the molecule is C[C@@H](CN1CCC2(CC1)CCN(C)C2=O)NC(=O)c1cnc2ccccc2c1.O=C(O)C(F)(F)F.O=C(O)C(F)(F)F. The average molecular weight is 609 g/mol. The molecule has 0 unspecified atom stereocenters. The first-order valence-corrected chi connectivity index (χ1v) is 12.6. The van der Waals surface area contributed by atoms with E-state index >= 15 is 0 Å². The second kappa shape index (κ2) is 13.8. The van der Waals surface area contributed by atoms with E-state index in [0.717, 1.165) is 56.3 Å². The summed E-state index contributed by atoms with van der Waals surface area (Å²) in [7, 11) is 1.91. The molecule has 2 aliphatic heterocycles. The van der Waals surface area contributed by atoms with Crippen LogP contribution >= 0.6 is 0 Å². The molecule has 16 heteroatoms. The zero-order chi connectivity index (χ0) is 31.9. The molecule has 0 aliphatic carbocycles. The fourth-order valence-corrected chi connectivity index (χ4v) is 4.56. The van der Waals surface area contributed by atoms with Crippen molar-refractivity contribution in [2.24, 2.45) is 5.41 Å².